The maximum absolute atomic E-state index is 12.4. The van der Waals surface area contributed by atoms with Crippen molar-refractivity contribution in [2.45, 2.75) is 13.5 Å². The Hall–Kier alpha value is -2.71. The quantitative estimate of drug-likeness (QED) is 0.628. The highest BCUT2D eigenvalue weighted by molar-refractivity contribution is 7.20. The average Bonchev–Trinajstić information content (AvgIpc) is 2.99. The molecule has 0 saturated carbocycles. The molecule has 0 spiro atoms. The topological polar surface area (TPSA) is 84.5 Å². The first kappa shape index (κ1) is 19.1. The molecule has 0 unspecified atom stereocenters. The number of H-pyrrole nitrogens is 1. The highest BCUT2D eigenvalue weighted by Crippen LogP contribution is 2.27. The van der Waals surface area contributed by atoms with Gasteiger partial charge in [0.1, 0.15) is 27.9 Å². The lowest BCUT2D eigenvalue weighted by Crippen LogP contribution is -2.26. The van der Waals surface area contributed by atoms with Crippen molar-refractivity contribution in [2.75, 3.05) is 27.3 Å². The van der Waals surface area contributed by atoms with Crippen LogP contribution in [0.25, 0.3) is 10.2 Å². The second-order valence-corrected chi connectivity index (χ2v) is 7.14. The van der Waals surface area contributed by atoms with Gasteiger partial charge in [-0.15, -0.1) is 11.3 Å². The van der Waals surface area contributed by atoms with Gasteiger partial charge in [0.15, 0.2) is 0 Å². The number of hydrogen-bond donors (Lipinski definition) is 1. The molecule has 0 atom stereocenters. The van der Waals surface area contributed by atoms with Crippen LogP contribution in [-0.4, -0.2) is 48.1 Å². The number of likely N-dealkylation sites (N-methyl/N-ethyl adjacent to an activating group) is 1. The van der Waals surface area contributed by atoms with Crippen LogP contribution in [0.2, 0.25) is 0 Å². The van der Waals surface area contributed by atoms with Crippen LogP contribution in [0, 0.1) is 6.92 Å². The van der Waals surface area contributed by atoms with Crippen LogP contribution in [-0.2, 0) is 11.3 Å². The number of nitrogens with zero attached hydrogens (tertiary/aromatic N) is 2. The molecule has 0 radical (unpaired) electrons. The van der Waals surface area contributed by atoms with E-state index < -0.39 is 5.97 Å². The Morgan fingerprint density at radius 2 is 2.04 bits per heavy atom. The summed E-state index contributed by atoms with van der Waals surface area (Å²) >= 11 is 1.18. The maximum Gasteiger partial charge on any atom is 0.348 e. The number of aromatic nitrogens is 2. The number of ether oxygens (including phenoxy) is 2. The molecule has 8 heteroatoms. The number of hydrogen-bond acceptors (Lipinski definition) is 7. The molecule has 0 amide bonds. The number of benzene rings is 1. The zero-order chi connectivity index (χ0) is 19.4. The summed E-state index contributed by atoms with van der Waals surface area (Å²) in [5.41, 5.74) is 0.361. The van der Waals surface area contributed by atoms with Crippen LogP contribution in [0.4, 0.5) is 0 Å². The monoisotopic (exact) mass is 387 g/mol. The van der Waals surface area contributed by atoms with Gasteiger partial charge in [-0.3, -0.25) is 9.69 Å². The number of esters is 1. The van der Waals surface area contributed by atoms with Crippen molar-refractivity contribution in [1.29, 1.82) is 0 Å². The van der Waals surface area contributed by atoms with Gasteiger partial charge < -0.3 is 14.5 Å². The molecule has 3 aromatic rings. The summed E-state index contributed by atoms with van der Waals surface area (Å²) in [6, 6.07) is 9.61. The Labute approximate surface area is 160 Å². The Balaban J connectivity index is 1.69. The molecule has 1 N–H and O–H groups in total. The second-order valence-electron chi connectivity index (χ2n) is 6.14. The van der Waals surface area contributed by atoms with Crippen molar-refractivity contribution in [2.24, 2.45) is 0 Å². The molecule has 2 aromatic heterocycles. The van der Waals surface area contributed by atoms with Crippen molar-refractivity contribution in [3.05, 3.63) is 57.0 Å². The largest absolute Gasteiger partial charge is 0.492 e. The number of aromatic amines is 1. The van der Waals surface area contributed by atoms with Gasteiger partial charge in [-0.05, 0) is 31.7 Å². The molecule has 0 bridgehead atoms. The number of carbonyl (C=O) groups excluding carboxylic acids is 1. The summed E-state index contributed by atoms with van der Waals surface area (Å²) < 4.78 is 10.5. The molecule has 7 nitrogen and oxygen atoms in total. The summed E-state index contributed by atoms with van der Waals surface area (Å²) in [4.78, 5) is 34.6. The molecular formula is C19H21N3O4S. The SMILES string of the molecule is COC(=O)c1sc2nc(CN(C)CCOc3ccccc3)[nH]c(=O)c2c1C. The summed E-state index contributed by atoms with van der Waals surface area (Å²) in [5.74, 6) is 0.919. The third-order valence-electron chi connectivity index (χ3n) is 4.12. The Kier molecular flexibility index (Phi) is 5.88. The van der Waals surface area contributed by atoms with Gasteiger partial charge >= 0.3 is 5.97 Å². The summed E-state index contributed by atoms with van der Waals surface area (Å²) in [7, 11) is 3.25. The van der Waals surface area contributed by atoms with E-state index in [4.69, 9.17) is 9.47 Å². The lowest BCUT2D eigenvalue weighted by atomic mass is 10.2. The maximum atomic E-state index is 12.4. The van der Waals surface area contributed by atoms with Gasteiger partial charge in [0, 0.05) is 6.54 Å². The fraction of sp³-hybridized carbons (Fsp3) is 0.316. The summed E-state index contributed by atoms with van der Waals surface area (Å²) in [6.45, 7) is 3.40. The van der Waals surface area contributed by atoms with E-state index in [0.717, 1.165) is 5.75 Å². The van der Waals surface area contributed by atoms with E-state index in [2.05, 4.69) is 9.97 Å². The van der Waals surface area contributed by atoms with Gasteiger partial charge in [-0.1, -0.05) is 18.2 Å². The lowest BCUT2D eigenvalue weighted by Gasteiger charge is -2.16. The fourth-order valence-electron chi connectivity index (χ4n) is 2.72. The second kappa shape index (κ2) is 8.32. The van der Waals surface area contributed by atoms with Gasteiger partial charge in [-0.2, -0.15) is 0 Å². The Morgan fingerprint density at radius 1 is 1.30 bits per heavy atom. The fourth-order valence-corrected chi connectivity index (χ4v) is 3.84. The lowest BCUT2D eigenvalue weighted by molar-refractivity contribution is 0.0605. The van der Waals surface area contributed by atoms with Crippen molar-refractivity contribution in [3.63, 3.8) is 0 Å². The molecule has 0 fully saturated rings. The molecule has 142 valence electrons. The third-order valence-corrected chi connectivity index (χ3v) is 5.29. The average molecular weight is 387 g/mol. The minimum atomic E-state index is -0.452. The minimum absolute atomic E-state index is 0.243. The van der Waals surface area contributed by atoms with Gasteiger partial charge in [0.05, 0.1) is 19.0 Å². The highest BCUT2D eigenvalue weighted by atomic mass is 32.1. The van der Waals surface area contributed by atoms with Crippen LogP contribution in [0.15, 0.2) is 35.1 Å². The predicted octanol–water partition coefficient (Wildman–Crippen LogP) is 2.59. The van der Waals surface area contributed by atoms with E-state index >= 15 is 0 Å². The number of para-hydroxylation sites is 1. The molecule has 3 rings (SSSR count). The van der Waals surface area contributed by atoms with Gasteiger partial charge in [-0.25, -0.2) is 9.78 Å². The normalized spacial score (nSPS) is 11.1. The number of nitrogens with one attached hydrogen (secondary N) is 1. The van der Waals surface area contributed by atoms with E-state index in [-0.39, 0.29) is 5.56 Å². The number of carbonyl (C=O) groups is 1. The van der Waals surface area contributed by atoms with E-state index in [1.807, 2.05) is 42.3 Å². The van der Waals surface area contributed by atoms with E-state index in [1.165, 1.54) is 18.4 Å². The molecule has 2 heterocycles. The van der Waals surface area contributed by atoms with Crippen LogP contribution in [0.1, 0.15) is 21.1 Å². The molecule has 27 heavy (non-hydrogen) atoms. The van der Waals surface area contributed by atoms with Crippen molar-refractivity contribution in [1.82, 2.24) is 14.9 Å². The first-order chi connectivity index (χ1) is 13.0. The zero-order valence-electron chi connectivity index (χ0n) is 15.4. The van der Waals surface area contributed by atoms with Crippen molar-refractivity contribution in [3.8, 4) is 5.75 Å². The highest BCUT2D eigenvalue weighted by Gasteiger charge is 2.19. The van der Waals surface area contributed by atoms with Crippen LogP contribution < -0.4 is 10.3 Å². The first-order valence-electron chi connectivity index (χ1n) is 8.46. The van der Waals surface area contributed by atoms with E-state index in [1.54, 1.807) is 6.92 Å². The molecular weight excluding hydrogens is 366 g/mol. The van der Waals surface area contributed by atoms with Crippen molar-refractivity contribution < 1.29 is 14.3 Å². The van der Waals surface area contributed by atoms with E-state index in [9.17, 15) is 9.59 Å². The van der Waals surface area contributed by atoms with E-state index in [0.29, 0.717) is 46.2 Å². The minimum Gasteiger partial charge on any atom is -0.492 e. The molecule has 0 saturated heterocycles. The Bertz CT molecular complexity index is 997. The summed E-state index contributed by atoms with van der Waals surface area (Å²) in [6.07, 6.45) is 0. The molecule has 0 aliphatic rings. The van der Waals surface area contributed by atoms with Crippen LogP contribution in [0.5, 0.6) is 5.75 Å². The number of methoxy groups -OCH3 is 1. The number of rotatable bonds is 7. The molecule has 0 aliphatic heterocycles. The van der Waals surface area contributed by atoms with Crippen molar-refractivity contribution >= 4 is 27.5 Å². The standard InChI is InChI=1S/C19H21N3O4S/c1-12-15-17(23)20-14(21-18(15)27-16(12)19(24)25-3)11-22(2)9-10-26-13-7-5-4-6-8-13/h4-8H,9-11H2,1-3H3,(H,20,21,23). The smallest absolute Gasteiger partial charge is 0.348 e. The molecule has 1 aromatic carbocycles. The predicted molar refractivity (Wildman–Crippen MR) is 105 cm³/mol. The zero-order valence-corrected chi connectivity index (χ0v) is 16.3. The first-order valence-corrected chi connectivity index (χ1v) is 9.28. The van der Waals surface area contributed by atoms with Gasteiger partial charge in [0.25, 0.3) is 5.56 Å². The number of aryl methyl sites for hydroxylation is 1. The molecule has 0 aliphatic carbocycles. The number of fused-ring (bicyclic) bond motifs is 1. The number of thiophene rings is 1. The van der Waals surface area contributed by atoms with Crippen LogP contribution in [0.3, 0.4) is 0 Å². The van der Waals surface area contributed by atoms with Crippen LogP contribution >= 0.6 is 11.3 Å². The third kappa shape index (κ3) is 4.35. The summed E-state index contributed by atoms with van der Waals surface area (Å²) in [5, 5.41) is 0.444. The van der Waals surface area contributed by atoms with Gasteiger partial charge in [0.2, 0.25) is 0 Å². The Morgan fingerprint density at radius 3 is 2.74 bits per heavy atom.